The summed E-state index contributed by atoms with van der Waals surface area (Å²) < 4.78 is 39.7. The first-order chi connectivity index (χ1) is 14.9. The van der Waals surface area contributed by atoms with Gasteiger partial charge in [-0.3, -0.25) is 9.69 Å². The first-order valence-corrected chi connectivity index (χ1v) is 10.4. The number of carbonyl (C=O) groups is 2. The van der Waals surface area contributed by atoms with Gasteiger partial charge in [-0.2, -0.15) is 0 Å². The van der Waals surface area contributed by atoms with Crippen molar-refractivity contribution in [3.05, 3.63) is 59.9 Å². The molecular formula is C19H13Cl4F3N4O2. The monoisotopic (exact) mass is 526 g/mol. The predicted molar refractivity (Wildman–Crippen MR) is 118 cm³/mol. The summed E-state index contributed by atoms with van der Waals surface area (Å²) in [5.41, 5.74) is -0.538. The Morgan fingerprint density at radius 1 is 1.03 bits per heavy atom. The van der Waals surface area contributed by atoms with E-state index in [-0.39, 0.29) is 11.4 Å². The van der Waals surface area contributed by atoms with Crippen LogP contribution in [0, 0.1) is 17.5 Å². The zero-order valence-electron chi connectivity index (χ0n) is 16.0. The van der Waals surface area contributed by atoms with E-state index in [9.17, 15) is 22.8 Å². The van der Waals surface area contributed by atoms with Gasteiger partial charge >= 0.3 is 6.03 Å². The van der Waals surface area contributed by atoms with Gasteiger partial charge in [0.25, 0.3) is 5.91 Å². The SMILES string of the molecule is CN1C(=O)C(=NC(Nc2ccc(F)cc2F)C(Cl)C(Cl)(Cl)Cl)N(c2ccccc2F)C1=O. The van der Waals surface area contributed by atoms with E-state index in [0.29, 0.717) is 11.0 Å². The normalized spacial score (nSPS) is 17.8. The van der Waals surface area contributed by atoms with Crippen LogP contribution in [0.3, 0.4) is 0 Å². The fourth-order valence-corrected chi connectivity index (χ4v) is 3.26. The minimum absolute atomic E-state index is 0.263. The molecular weight excluding hydrogens is 515 g/mol. The van der Waals surface area contributed by atoms with Crippen LogP contribution in [0.5, 0.6) is 0 Å². The number of amidine groups is 1. The summed E-state index contributed by atoms with van der Waals surface area (Å²) in [5, 5.41) is 1.01. The lowest BCUT2D eigenvalue weighted by Crippen LogP contribution is -2.41. The predicted octanol–water partition coefficient (Wildman–Crippen LogP) is 5.32. The first kappa shape index (κ1) is 24.4. The number of nitrogens with zero attached hydrogens (tertiary/aromatic N) is 3. The van der Waals surface area contributed by atoms with Crippen molar-refractivity contribution >= 4 is 75.6 Å². The molecule has 0 spiro atoms. The summed E-state index contributed by atoms with van der Waals surface area (Å²) in [6, 6.07) is 6.87. The van der Waals surface area contributed by atoms with Gasteiger partial charge in [-0.05, 0) is 24.3 Å². The van der Waals surface area contributed by atoms with Crippen molar-refractivity contribution < 1.29 is 22.8 Å². The molecule has 2 aromatic carbocycles. The molecule has 1 saturated heterocycles. The number of aliphatic imine (C=N–C) groups is 1. The number of likely N-dealkylation sites (N-methyl/N-ethyl adjacent to an activating group) is 1. The summed E-state index contributed by atoms with van der Waals surface area (Å²) in [6.45, 7) is 0. The minimum Gasteiger partial charge on any atom is -0.360 e. The largest absolute Gasteiger partial charge is 0.360 e. The topological polar surface area (TPSA) is 65.0 Å². The average Bonchev–Trinajstić information content (AvgIpc) is 2.92. The quantitative estimate of drug-likeness (QED) is 0.423. The molecule has 1 N–H and O–H groups in total. The van der Waals surface area contributed by atoms with E-state index in [1.807, 2.05) is 0 Å². The molecule has 170 valence electrons. The second-order valence-corrected chi connectivity index (χ2v) is 9.38. The zero-order valence-corrected chi connectivity index (χ0v) is 19.0. The number of halogens is 7. The second-order valence-electron chi connectivity index (χ2n) is 6.54. The Morgan fingerprint density at radius 2 is 1.69 bits per heavy atom. The van der Waals surface area contributed by atoms with Crippen LogP contribution in [-0.2, 0) is 4.79 Å². The van der Waals surface area contributed by atoms with E-state index < -0.39 is 50.6 Å². The molecule has 32 heavy (non-hydrogen) atoms. The lowest BCUT2D eigenvalue weighted by Gasteiger charge is -2.27. The van der Waals surface area contributed by atoms with Gasteiger partial charge in [-0.1, -0.05) is 46.9 Å². The number of urea groups is 1. The van der Waals surface area contributed by atoms with E-state index in [0.717, 1.165) is 30.1 Å². The van der Waals surface area contributed by atoms with Crippen LogP contribution >= 0.6 is 46.4 Å². The third-order valence-corrected chi connectivity index (χ3v) is 5.97. The number of hydrogen-bond acceptors (Lipinski definition) is 4. The van der Waals surface area contributed by atoms with E-state index in [4.69, 9.17) is 46.4 Å². The van der Waals surface area contributed by atoms with Crippen LogP contribution in [0.1, 0.15) is 0 Å². The Hall–Kier alpha value is -2.20. The number of hydrogen-bond donors (Lipinski definition) is 1. The number of carbonyl (C=O) groups excluding carboxylic acids is 2. The molecule has 1 fully saturated rings. The van der Waals surface area contributed by atoms with Crippen LogP contribution in [0.4, 0.5) is 29.3 Å². The van der Waals surface area contributed by atoms with Crippen molar-refractivity contribution in [2.75, 3.05) is 17.3 Å². The van der Waals surface area contributed by atoms with Gasteiger partial charge in [0.1, 0.15) is 29.0 Å². The maximum Gasteiger partial charge on any atom is 0.337 e. The molecule has 1 aliphatic heterocycles. The van der Waals surface area contributed by atoms with Gasteiger partial charge in [-0.25, -0.2) is 27.9 Å². The Bertz CT molecular complexity index is 1100. The van der Waals surface area contributed by atoms with Gasteiger partial charge in [0, 0.05) is 13.1 Å². The highest BCUT2D eigenvalue weighted by molar-refractivity contribution is 6.70. The first-order valence-electron chi connectivity index (χ1n) is 8.78. The molecule has 3 amide bonds. The number of alkyl halides is 4. The number of amides is 3. The number of nitrogens with one attached hydrogen (secondary N) is 1. The third-order valence-electron chi connectivity index (χ3n) is 4.37. The molecule has 2 atom stereocenters. The maximum absolute atomic E-state index is 14.4. The number of benzene rings is 2. The van der Waals surface area contributed by atoms with E-state index in [2.05, 4.69) is 10.3 Å². The molecule has 0 bridgehead atoms. The van der Waals surface area contributed by atoms with Crippen LogP contribution in [0.15, 0.2) is 47.5 Å². The van der Waals surface area contributed by atoms with Crippen LogP contribution in [0.25, 0.3) is 0 Å². The average molecular weight is 528 g/mol. The number of rotatable bonds is 5. The smallest absolute Gasteiger partial charge is 0.337 e. The van der Waals surface area contributed by atoms with Crippen molar-refractivity contribution in [3.63, 3.8) is 0 Å². The number of para-hydroxylation sites is 1. The van der Waals surface area contributed by atoms with E-state index >= 15 is 0 Å². The standard InChI is InChI=1S/C19H13Cl4F3N4O2/c1-29-17(31)16(30(18(29)32)13-5-3-2-4-10(13)25)28-15(14(20)19(21,22)23)27-12-7-6-9(24)8-11(12)26/h2-8,14-15,27H,1H3. The van der Waals surface area contributed by atoms with Crippen molar-refractivity contribution in [1.29, 1.82) is 0 Å². The fourth-order valence-electron chi connectivity index (χ4n) is 2.78. The van der Waals surface area contributed by atoms with E-state index in [1.54, 1.807) is 0 Å². The molecule has 2 aromatic rings. The van der Waals surface area contributed by atoms with Crippen LogP contribution in [0.2, 0.25) is 0 Å². The second kappa shape index (κ2) is 9.35. The Kier molecular flexibility index (Phi) is 7.14. The van der Waals surface area contributed by atoms with Crippen molar-refractivity contribution in [1.82, 2.24) is 4.90 Å². The highest BCUT2D eigenvalue weighted by Crippen LogP contribution is 2.37. The molecule has 0 aliphatic carbocycles. The zero-order chi connectivity index (χ0) is 23.8. The molecule has 2 unspecified atom stereocenters. The van der Waals surface area contributed by atoms with Crippen molar-refractivity contribution in [2.24, 2.45) is 4.99 Å². The summed E-state index contributed by atoms with van der Waals surface area (Å²) in [5.74, 6) is -4.13. The molecule has 13 heteroatoms. The molecule has 1 aliphatic rings. The molecule has 0 radical (unpaired) electrons. The highest BCUT2D eigenvalue weighted by atomic mass is 35.6. The van der Waals surface area contributed by atoms with E-state index in [1.165, 1.54) is 18.2 Å². The summed E-state index contributed by atoms with van der Waals surface area (Å²) in [7, 11) is 1.16. The number of anilines is 2. The fraction of sp³-hybridized carbons (Fsp3) is 0.211. The lowest BCUT2D eigenvalue weighted by molar-refractivity contribution is -0.119. The van der Waals surface area contributed by atoms with Crippen molar-refractivity contribution in [3.8, 4) is 0 Å². The van der Waals surface area contributed by atoms with Gasteiger partial charge in [0.2, 0.25) is 9.63 Å². The molecule has 1 heterocycles. The third kappa shape index (κ3) is 4.91. The van der Waals surface area contributed by atoms with Gasteiger partial charge in [0.05, 0.1) is 11.4 Å². The van der Waals surface area contributed by atoms with Crippen molar-refractivity contribution in [2.45, 2.75) is 15.3 Å². The van der Waals surface area contributed by atoms with Crippen LogP contribution < -0.4 is 10.2 Å². The van der Waals surface area contributed by atoms with Gasteiger partial charge < -0.3 is 5.32 Å². The lowest BCUT2D eigenvalue weighted by atomic mass is 10.2. The maximum atomic E-state index is 14.4. The molecule has 6 nitrogen and oxygen atoms in total. The Morgan fingerprint density at radius 3 is 2.28 bits per heavy atom. The van der Waals surface area contributed by atoms with Gasteiger partial charge in [-0.15, -0.1) is 11.6 Å². The highest BCUT2D eigenvalue weighted by Gasteiger charge is 2.45. The van der Waals surface area contributed by atoms with Crippen LogP contribution in [-0.4, -0.2) is 45.1 Å². The minimum atomic E-state index is -2.17. The molecule has 0 aromatic heterocycles. The van der Waals surface area contributed by atoms with Gasteiger partial charge in [0.15, 0.2) is 0 Å². The summed E-state index contributed by atoms with van der Waals surface area (Å²) in [4.78, 5) is 30.8. The Labute approximate surface area is 200 Å². The summed E-state index contributed by atoms with van der Waals surface area (Å²) in [6.07, 6.45) is -1.52. The molecule has 0 saturated carbocycles. The molecule has 3 rings (SSSR count). The number of imide groups is 1. The summed E-state index contributed by atoms with van der Waals surface area (Å²) >= 11 is 23.8. The Balaban J connectivity index is 2.12.